The Morgan fingerprint density at radius 3 is 2.54 bits per heavy atom. The summed E-state index contributed by atoms with van der Waals surface area (Å²) in [6.45, 7) is 7.87. The normalized spacial score (nSPS) is 11.2. The largest absolute Gasteiger partial charge is 0.359 e. The van der Waals surface area contributed by atoms with Gasteiger partial charge in [-0.05, 0) is 19.3 Å². The zero-order valence-electron chi connectivity index (χ0n) is 16.7. The molecule has 1 heterocycles. The number of hydrogen-bond acceptors (Lipinski definition) is 4. The molecule has 8 heteroatoms. The highest BCUT2D eigenvalue weighted by atomic mass is 127. The van der Waals surface area contributed by atoms with Crippen molar-refractivity contribution in [3.05, 3.63) is 17.5 Å². The third kappa shape index (κ3) is 8.86. The number of carbonyl (C=O) groups excluding carboxylic acids is 1. The van der Waals surface area contributed by atoms with Crippen molar-refractivity contribution in [2.24, 2.45) is 4.99 Å². The highest BCUT2D eigenvalue weighted by Crippen LogP contribution is 2.22. The van der Waals surface area contributed by atoms with Gasteiger partial charge in [0.15, 0.2) is 11.7 Å². The fraction of sp³-hybridized carbons (Fsp3) is 0.722. The molecule has 0 aliphatic carbocycles. The SMILES string of the molecule is CCCCNC(=NCC(=O)N(C)C)NCc1cc(C(CC)CC)no1.I. The molecule has 2 N–H and O–H groups in total. The van der Waals surface area contributed by atoms with Crippen LogP contribution < -0.4 is 10.6 Å². The van der Waals surface area contributed by atoms with E-state index in [9.17, 15) is 4.79 Å². The number of rotatable bonds is 10. The van der Waals surface area contributed by atoms with E-state index >= 15 is 0 Å². The first-order chi connectivity index (χ1) is 12.0. The lowest BCUT2D eigenvalue weighted by Gasteiger charge is -2.12. The summed E-state index contributed by atoms with van der Waals surface area (Å²) in [5, 5.41) is 10.6. The lowest BCUT2D eigenvalue weighted by molar-refractivity contribution is -0.127. The number of likely N-dealkylation sites (N-methyl/N-ethyl adjacent to an activating group) is 1. The highest BCUT2D eigenvalue weighted by Gasteiger charge is 2.13. The van der Waals surface area contributed by atoms with Crippen LogP contribution in [-0.4, -0.2) is 49.1 Å². The van der Waals surface area contributed by atoms with Crippen molar-refractivity contribution in [1.82, 2.24) is 20.7 Å². The van der Waals surface area contributed by atoms with Crippen molar-refractivity contribution in [1.29, 1.82) is 0 Å². The second-order valence-electron chi connectivity index (χ2n) is 6.32. The van der Waals surface area contributed by atoms with Gasteiger partial charge in [0, 0.05) is 32.6 Å². The molecule has 26 heavy (non-hydrogen) atoms. The average molecular weight is 479 g/mol. The Bertz CT molecular complexity index is 541. The Morgan fingerprint density at radius 1 is 1.27 bits per heavy atom. The molecule has 1 aromatic heterocycles. The van der Waals surface area contributed by atoms with Crippen LogP contribution in [0, 0.1) is 0 Å². The van der Waals surface area contributed by atoms with Crippen LogP contribution in [0.25, 0.3) is 0 Å². The Morgan fingerprint density at radius 2 is 1.96 bits per heavy atom. The highest BCUT2D eigenvalue weighted by molar-refractivity contribution is 14.0. The monoisotopic (exact) mass is 479 g/mol. The van der Waals surface area contributed by atoms with Gasteiger partial charge in [-0.15, -0.1) is 24.0 Å². The molecule has 0 aliphatic rings. The second-order valence-corrected chi connectivity index (χ2v) is 6.32. The fourth-order valence-electron chi connectivity index (χ4n) is 2.33. The van der Waals surface area contributed by atoms with E-state index in [1.54, 1.807) is 14.1 Å². The van der Waals surface area contributed by atoms with Crippen molar-refractivity contribution < 1.29 is 9.32 Å². The van der Waals surface area contributed by atoms with Crippen molar-refractivity contribution in [2.45, 2.75) is 58.9 Å². The topological polar surface area (TPSA) is 82.8 Å². The lowest BCUT2D eigenvalue weighted by Crippen LogP contribution is -2.38. The number of unbranched alkanes of at least 4 members (excludes halogenated alkanes) is 1. The molecule has 0 aliphatic heterocycles. The maximum Gasteiger partial charge on any atom is 0.243 e. The molecule has 0 bridgehead atoms. The maximum atomic E-state index is 11.7. The summed E-state index contributed by atoms with van der Waals surface area (Å²) in [5.74, 6) is 1.79. The Hall–Kier alpha value is -1.32. The van der Waals surface area contributed by atoms with Crippen LogP contribution in [0.2, 0.25) is 0 Å². The van der Waals surface area contributed by atoms with Gasteiger partial charge in [-0.25, -0.2) is 4.99 Å². The van der Waals surface area contributed by atoms with E-state index in [1.165, 1.54) is 4.90 Å². The predicted molar refractivity (Wildman–Crippen MR) is 116 cm³/mol. The van der Waals surface area contributed by atoms with Crippen molar-refractivity contribution in [3.8, 4) is 0 Å². The van der Waals surface area contributed by atoms with Crippen molar-refractivity contribution in [2.75, 3.05) is 27.2 Å². The minimum atomic E-state index is -0.0349. The summed E-state index contributed by atoms with van der Waals surface area (Å²) >= 11 is 0. The quantitative estimate of drug-likeness (QED) is 0.233. The van der Waals surface area contributed by atoms with E-state index in [0.717, 1.165) is 43.7 Å². The van der Waals surface area contributed by atoms with Gasteiger partial charge in [0.2, 0.25) is 5.91 Å². The van der Waals surface area contributed by atoms with Gasteiger partial charge in [0.1, 0.15) is 6.54 Å². The first-order valence-electron chi connectivity index (χ1n) is 9.19. The molecule has 0 radical (unpaired) electrons. The number of nitrogens with one attached hydrogen (secondary N) is 2. The summed E-state index contributed by atoms with van der Waals surface area (Å²) in [6, 6.07) is 2.00. The van der Waals surface area contributed by atoms with Gasteiger partial charge < -0.3 is 20.1 Å². The number of halogens is 1. The van der Waals surface area contributed by atoms with Gasteiger partial charge in [-0.3, -0.25) is 4.79 Å². The van der Waals surface area contributed by atoms with Crippen LogP contribution in [0.4, 0.5) is 0 Å². The van der Waals surface area contributed by atoms with E-state index in [1.807, 2.05) is 6.07 Å². The molecule has 1 rings (SSSR count). The number of hydrogen-bond donors (Lipinski definition) is 2. The predicted octanol–water partition coefficient (Wildman–Crippen LogP) is 3.12. The summed E-state index contributed by atoms with van der Waals surface area (Å²) in [6.07, 6.45) is 4.24. The maximum absolute atomic E-state index is 11.7. The number of guanidine groups is 1. The third-order valence-corrected chi connectivity index (χ3v) is 4.11. The number of aromatic nitrogens is 1. The van der Waals surface area contributed by atoms with Crippen LogP contribution in [0.15, 0.2) is 15.6 Å². The van der Waals surface area contributed by atoms with Crippen molar-refractivity contribution >= 4 is 35.8 Å². The molecule has 7 nitrogen and oxygen atoms in total. The summed E-state index contributed by atoms with van der Waals surface area (Å²) in [5.41, 5.74) is 1.00. The van der Waals surface area contributed by atoms with Crippen LogP contribution in [0.1, 0.15) is 63.8 Å². The molecule has 1 aromatic rings. The summed E-state index contributed by atoms with van der Waals surface area (Å²) in [7, 11) is 3.45. The van der Waals surface area contributed by atoms with Gasteiger partial charge in [-0.1, -0.05) is 32.3 Å². The molecule has 150 valence electrons. The molecule has 1 amide bonds. The first-order valence-corrected chi connectivity index (χ1v) is 9.19. The smallest absolute Gasteiger partial charge is 0.243 e. The van der Waals surface area contributed by atoms with Gasteiger partial charge in [0.05, 0.1) is 12.2 Å². The van der Waals surface area contributed by atoms with E-state index < -0.39 is 0 Å². The molecule has 0 aromatic carbocycles. The molecule has 0 fully saturated rings. The van der Waals surface area contributed by atoms with E-state index in [-0.39, 0.29) is 36.4 Å². The third-order valence-electron chi connectivity index (χ3n) is 4.11. The molecule has 0 saturated carbocycles. The minimum Gasteiger partial charge on any atom is -0.359 e. The number of nitrogens with zero attached hydrogens (tertiary/aromatic N) is 3. The van der Waals surface area contributed by atoms with Crippen LogP contribution >= 0.6 is 24.0 Å². The number of aliphatic imine (C=N–C) groups is 1. The molecule has 0 saturated heterocycles. The lowest BCUT2D eigenvalue weighted by atomic mass is 9.99. The van der Waals surface area contributed by atoms with E-state index in [0.29, 0.717) is 18.4 Å². The number of amides is 1. The zero-order valence-corrected chi connectivity index (χ0v) is 19.0. The molecular formula is C18H34IN5O2. The molecule has 0 unspecified atom stereocenters. The fourth-order valence-corrected chi connectivity index (χ4v) is 2.33. The van der Waals surface area contributed by atoms with Crippen molar-refractivity contribution in [3.63, 3.8) is 0 Å². The van der Waals surface area contributed by atoms with Crippen LogP contribution in [-0.2, 0) is 11.3 Å². The standard InChI is InChI=1S/C18H33N5O2.HI/c1-6-9-10-19-18(21-13-17(24)23(4)5)20-12-15-11-16(22-25-15)14(7-2)8-3;/h11,14H,6-10,12-13H2,1-5H3,(H2,19,20,21);1H. The van der Waals surface area contributed by atoms with Crippen LogP contribution in [0.3, 0.4) is 0 Å². The van der Waals surface area contributed by atoms with Gasteiger partial charge in [0.25, 0.3) is 0 Å². The number of carbonyl (C=O) groups is 1. The molecule has 0 atom stereocenters. The van der Waals surface area contributed by atoms with Gasteiger partial charge in [-0.2, -0.15) is 0 Å². The minimum absolute atomic E-state index is 0. The molecular weight excluding hydrogens is 445 g/mol. The van der Waals surface area contributed by atoms with Crippen LogP contribution in [0.5, 0.6) is 0 Å². The average Bonchev–Trinajstić information content (AvgIpc) is 3.06. The summed E-state index contributed by atoms with van der Waals surface area (Å²) in [4.78, 5) is 17.6. The van der Waals surface area contributed by atoms with Gasteiger partial charge >= 0.3 is 0 Å². The van der Waals surface area contributed by atoms with E-state index in [4.69, 9.17) is 4.52 Å². The Labute approximate surface area is 174 Å². The van der Waals surface area contributed by atoms with E-state index in [2.05, 4.69) is 41.6 Å². The Kier molecular flexibility index (Phi) is 13.1. The molecule has 0 spiro atoms. The second kappa shape index (κ2) is 13.8. The Balaban J connectivity index is 0.00000625. The summed E-state index contributed by atoms with van der Waals surface area (Å²) < 4.78 is 5.42. The zero-order chi connectivity index (χ0) is 18.7. The first kappa shape index (κ1) is 24.7.